The highest BCUT2D eigenvalue weighted by atomic mass is 16.7. The number of H-pyrrole nitrogens is 1. The number of unbranched alkanes of at least 4 members (excludes halogenated alkanes) is 2. The van der Waals surface area contributed by atoms with Gasteiger partial charge in [-0.3, -0.25) is 0 Å². The van der Waals surface area contributed by atoms with Gasteiger partial charge in [-0.05, 0) is 67.0 Å². The maximum atomic E-state index is 11.9. The van der Waals surface area contributed by atoms with Gasteiger partial charge in [0.15, 0.2) is 0 Å². The van der Waals surface area contributed by atoms with Crippen LogP contribution >= 0.6 is 0 Å². The lowest BCUT2D eigenvalue weighted by Crippen LogP contribution is -2.32. The van der Waals surface area contributed by atoms with Crippen molar-refractivity contribution >= 4 is 22.6 Å². The summed E-state index contributed by atoms with van der Waals surface area (Å²) in [7, 11) is 0. The first-order valence-corrected chi connectivity index (χ1v) is 12.2. The fourth-order valence-electron chi connectivity index (χ4n) is 4.42. The van der Waals surface area contributed by atoms with E-state index in [0.29, 0.717) is 18.4 Å². The van der Waals surface area contributed by atoms with Gasteiger partial charge in [-0.25, -0.2) is 4.79 Å². The van der Waals surface area contributed by atoms with E-state index in [1.807, 2.05) is 12.1 Å². The summed E-state index contributed by atoms with van der Waals surface area (Å²) >= 11 is 0. The van der Waals surface area contributed by atoms with Crippen LogP contribution in [0.5, 0.6) is 5.75 Å². The predicted molar refractivity (Wildman–Crippen MR) is 134 cm³/mol. The van der Waals surface area contributed by atoms with Crippen LogP contribution < -0.4 is 10.1 Å². The molecule has 0 saturated carbocycles. The standard InChI is InChI=1S/C28H34N2O3/c1-2-3-17-32-28(31)33-25-13-14-27-26(19-25)23(20-30-27)11-7-8-12-24-18-22(15-16-29-24)21-9-5-4-6-10-21/h4-6,9-10,13-15,19-20,24,29-30H,2-3,7-8,11-12,16-18H2,1H3. The number of carbonyl (C=O) groups excluding carboxylic acids is 1. The second kappa shape index (κ2) is 11.7. The van der Waals surface area contributed by atoms with Gasteiger partial charge in [0.25, 0.3) is 0 Å². The summed E-state index contributed by atoms with van der Waals surface area (Å²) in [5.41, 5.74) is 5.12. The van der Waals surface area contributed by atoms with Gasteiger partial charge in [0, 0.05) is 29.7 Å². The molecule has 0 bridgehead atoms. The number of benzene rings is 2. The van der Waals surface area contributed by atoms with Crippen molar-refractivity contribution in [2.45, 2.75) is 57.9 Å². The molecule has 0 radical (unpaired) electrons. The van der Waals surface area contributed by atoms with Crippen LogP contribution in [0.2, 0.25) is 0 Å². The summed E-state index contributed by atoms with van der Waals surface area (Å²) in [6.07, 6.45) is 11.1. The molecule has 2 heterocycles. The molecule has 1 aromatic heterocycles. The summed E-state index contributed by atoms with van der Waals surface area (Å²) in [6, 6.07) is 16.9. The number of rotatable bonds is 10. The van der Waals surface area contributed by atoms with Gasteiger partial charge in [-0.1, -0.05) is 56.2 Å². The minimum absolute atomic E-state index is 0.394. The fourth-order valence-corrected chi connectivity index (χ4v) is 4.42. The van der Waals surface area contributed by atoms with Crippen LogP contribution in [-0.2, 0) is 11.2 Å². The quantitative estimate of drug-likeness (QED) is 0.208. The van der Waals surface area contributed by atoms with E-state index in [4.69, 9.17) is 9.47 Å². The number of carbonyl (C=O) groups is 1. The second-order valence-electron chi connectivity index (χ2n) is 8.73. The Kier molecular flexibility index (Phi) is 8.20. The Balaban J connectivity index is 1.26. The van der Waals surface area contributed by atoms with Crippen molar-refractivity contribution in [3.8, 4) is 5.75 Å². The van der Waals surface area contributed by atoms with Crippen LogP contribution in [0.25, 0.3) is 16.5 Å². The maximum absolute atomic E-state index is 11.9. The highest BCUT2D eigenvalue weighted by Gasteiger charge is 2.16. The molecule has 1 unspecified atom stereocenters. The number of hydrogen-bond donors (Lipinski definition) is 2. The third-order valence-corrected chi connectivity index (χ3v) is 6.27. The molecule has 174 valence electrons. The molecule has 5 heteroatoms. The van der Waals surface area contributed by atoms with Gasteiger partial charge in [0.1, 0.15) is 5.75 Å². The van der Waals surface area contributed by atoms with Gasteiger partial charge < -0.3 is 19.8 Å². The van der Waals surface area contributed by atoms with Gasteiger partial charge in [0.2, 0.25) is 0 Å². The number of aromatic amines is 1. The van der Waals surface area contributed by atoms with Crippen molar-refractivity contribution in [1.29, 1.82) is 0 Å². The van der Waals surface area contributed by atoms with E-state index in [1.165, 1.54) is 29.5 Å². The third-order valence-electron chi connectivity index (χ3n) is 6.27. The number of hydrogen-bond acceptors (Lipinski definition) is 4. The third kappa shape index (κ3) is 6.48. The lowest BCUT2D eigenvalue weighted by Gasteiger charge is -2.24. The molecule has 5 nitrogen and oxygen atoms in total. The molecule has 0 fully saturated rings. The molecular formula is C28H34N2O3. The molecule has 3 aromatic rings. The minimum atomic E-state index is -0.635. The normalized spacial score (nSPS) is 15.9. The molecule has 1 atom stereocenters. The second-order valence-corrected chi connectivity index (χ2v) is 8.73. The molecule has 33 heavy (non-hydrogen) atoms. The van der Waals surface area contributed by atoms with E-state index in [0.717, 1.165) is 49.6 Å². The van der Waals surface area contributed by atoms with Crippen LogP contribution in [0.15, 0.2) is 60.8 Å². The topological polar surface area (TPSA) is 63.4 Å². The molecule has 2 N–H and O–H groups in total. The van der Waals surface area contributed by atoms with Crippen LogP contribution in [0.3, 0.4) is 0 Å². The van der Waals surface area contributed by atoms with Crippen molar-refractivity contribution in [3.63, 3.8) is 0 Å². The maximum Gasteiger partial charge on any atom is 0.513 e. The first-order valence-electron chi connectivity index (χ1n) is 12.2. The summed E-state index contributed by atoms with van der Waals surface area (Å²) in [5.74, 6) is 0.525. The minimum Gasteiger partial charge on any atom is -0.434 e. The van der Waals surface area contributed by atoms with E-state index < -0.39 is 6.16 Å². The van der Waals surface area contributed by atoms with Crippen molar-refractivity contribution in [2.24, 2.45) is 0 Å². The van der Waals surface area contributed by atoms with Crippen molar-refractivity contribution in [3.05, 3.63) is 71.9 Å². The molecular weight excluding hydrogens is 412 g/mol. The first-order chi connectivity index (χ1) is 16.2. The average molecular weight is 447 g/mol. The average Bonchev–Trinajstić information content (AvgIpc) is 3.25. The van der Waals surface area contributed by atoms with Gasteiger partial charge in [-0.2, -0.15) is 0 Å². The van der Waals surface area contributed by atoms with Gasteiger partial charge >= 0.3 is 6.16 Å². The lowest BCUT2D eigenvalue weighted by molar-refractivity contribution is 0.0979. The lowest BCUT2D eigenvalue weighted by atomic mass is 9.92. The fraction of sp³-hybridized carbons (Fsp3) is 0.393. The Labute approximate surface area is 196 Å². The summed E-state index contributed by atoms with van der Waals surface area (Å²) < 4.78 is 10.5. The monoisotopic (exact) mass is 446 g/mol. The molecule has 1 aliphatic rings. The van der Waals surface area contributed by atoms with Crippen LogP contribution in [0, 0.1) is 0 Å². The van der Waals surface area contributed by atoms with Crippen LogP contribution in [-0.4, -0.2) is 30.3 Å². The smallest absolute Gasteiger partial charge is 0.434 e. The molecule has 0 aliphatic carbocycles. The van der Waals surface area contributed by atoms with E-state index in [-0.39, 0.29) is 0 Å². The Bertz CT molecular complexity index is 1070. The highest BCUT2D eigenvalue weighted by Crippen LogP contribution is 2.27. The number of nitrogens with one attached hydrogen (secondary N) is 2. The Hall–Kier alpha value is -3.05. The van der Waals surface area contributed by atoms with Crippen LogP contribution in [0.1, 0.15) is 56.6 Å². The molecule has 2 aromatic carbocycles. The van der Waals surface area contributed by atoms with Crippen molar-refractivity contribution < 1.29 is 14.3 Å². The number of fused-ring (bicyclic) bond motifs is 1. The van der Waals surface area contributed by atoms with Crippen LogP contribution in [0.4, 0.5) is 4.79 Å². The zero-order valence-corrected chi connectivity index (χ0v) is 19.4. The number of ether oxygens (including phenoxy) is 2. The molecule has 1 aliphatic heterocycles. The summed E-state index contributed by atoms with van der Waals surface area (Å²) in [6.45, 7) is 3.40. The highest BCUT2D eigenvalue weighted by molar-refractivity contribution is 5.85. The SMILES string of the molecule is CCCCOC(=O)Oc1ccc2[nH]cc(CCCCC3CC(c4ccccc4)=CCN3)c2c1. The first kappa shape index (κ1) is 23.1. The molecule has 0 spiro atoms. The summed E-state index contributed by atoms with van der Waals surface area (Å²) in [5, 5.41) is 4.75. The molecule has 0 saturated heterocycles. The number of aryl methyl sites for hydroxylation is 1. The Morgan fingerprint density at radius 2 is 1.97 bits per heavy atom. The zero-order chi connectivity index (χ0) is 22.9. The Morgan fingerprint density at radius 3 is 2.82 bits per heavy atom. The van der Waals surface area contributed by atoms with Gasteiger partial charge in [0.05, 0.1) is 6.61 Å². The van der Waals surface area contributed by atoms with Crippen molar-refractivity contribution in [1.82, 2.24) is 10.3 Å². The van der Waals surface area contributed by atoms with Gasteiger partial charge in [-0.15, -0.1) is 0 Å². The van der Waals surface area contributed by atoms with E-state index in [9.17, 15) is 4.79 Å². The number of aromatic nitrogens is 1. The molecule has 0 amide bonds. The van der Waals surface area contributed by atoms with E-state index in [2.05, 4.69) is 59.8 Å². The molecule has 4 rings (SSSR count). The van der Waals surface area contributed by atoms with Crippen molar-refractivity contribution in [2.75, 3.05) is 13.2 Å². The summed E-state index contributed by atoms with van der Waals surface area (Å²) in [4.78, 5) is 15.2. The van der Waals surface area contributed by atoms with E-state index in [1.54, 1.807) is 6.07 Å². The van der Waals surface area contributed by atoms with E-state index >= 15 is 0 Å². The zero-order valence-electron chi connectivity index (χ0n) is 19.4. The Morgan fingerprint density at radius 1 is 1.09 bits per heavy atom. The predicted octanol–water partition coefficient (Wildman–Crippen LogP) is 6.64. The largest absolute Gasteiger partial charge is 0.513 e.